The summed E-state index contributed by atoms with van der Waals surface area (Å²) in [6.07, 6.45) is 1.80. The van der Waals surface area contributed by atoms with Crippen LogP contribution in [0.25, 0.3) is 11.0 Å². The van der Waals surface area contributed by atoms with Crippen molar-refractivity contribution >= 4 is 16.9 Å². The summed E-state index contributed by atoms with van der Waals surface area (Å²) in [5, 5.41) is 3.69. The first-order valence-electron chi connectivity index (χ1n) is 8.57. The molecule has 2 N–H and O–H groups in total. The van der Waals surface area contributed by atoms with Crippen molar-refractivity contribution in [3.63, 3.8) is 0 Å². The fourth-order valence-electron chi connectivity index (χ4n) is 2.85. The Bertz CT molecular complexity index is 1140. The molecule has 0 radical (unpaired) electrons. The van der Waals surface area contributed by atoms with Crippen LogP contribution in [0, 0.1) is 5.95 Å². The number of rotatable bonds is 5. The highest BCUT2D eigenvalue weighted by atomic mass is 19.4. The number of hydrogen-bond acceptors (Lipinski definition) is 5. The van der Waals surface area contributed by atoms with Gasteiger partial charge in [-0.1, -0.05) is 12.1 Å². The van der Waals surface area contributed by atoms with Crippen LogP contribution in [0.15, 0.2) is 49.2 Å². The maximum Gasteiger partial charge on any atom is 0.433 e. The van der Waals surface area contributed by atoms with Gasteiger partial charge in [0.05, 0.1) is 0 Å². The van der Waals surface area contributed by atoms with Gasteiger partial charge in [0.25, 0.3) is 0 Å². The number of halogens is 4. The monoisotopic (exact) mass is 402 g/mol. The number of nitrogens with one attached hydrogen (secondary N) is 2. The molecule has 148 valence electrons. The summed E-state index contributed by atoms with van der Waals surface area (Å²) in [5.41, 5.74) is 1.47. The summed E-state index contributed by atoms with van der Waals surface area (Å²) in [4.78, 5) is 18.4. The molecule has 0 aliphatic rings. The molecule has 4 aromatic heterocycles. The van der Waals surface area contributed by atoms with E-state index in [2.05, 4.69) is 30.2 Å². The van der Waals surface area contributed by atoms with Gasteiger partial charge in [-0.3, -0.25) is 4.98 Å². The van der Waals surface area contributed by atoms with Crippen LogP contribution in [0.1, 0.15) is 22.4 Å². The molecule has 0 atom stereocenters. The number of anilines is 1. The minimum Gasteiger partial charge on any atom is -0.366 e. The van der Waals surface area contributed by atoms with E-state index in [1.54, 1.807) is 24.5 Å². The van der Waals surface area contributed by atoms with Crippen LogP contribution in [-0.2, 0) is 19.1 Å². The molecule has 4 aromatic rings. The molecule has 0 saturated carbocycles. The van der Waals surface area contributed by atoms with Crippen molar-refractivity contribution in [1.82, 2.24) is 24.9 Å². The predicted octanol–water partition coefficient (Wildman–Crippen LogP) is 4.11. The highest BCUT2D eigenvalue weighted by Gasteiger charge is 2.31. The van der Waals surface area contributed by atoms with E-state index in [4.69, 9.17) is 0 Å². The van der Waals surface area contributed by atoms with Gasteiger partial charge in [0.1, 0.15) is 23.5 Å². The zero-order valence-electron chi connectivity index (χ0n) is 14.8. The molecule has 0 aromatic carbocycles. The fraction of sp³-hybridized carbons (Fsp3) is 0.158. The number of alkyl halides is 3. The summed E-state index contributed by atoms with van der Waals surface area (Å²) in [5.74, 6) is -0.361. The average Bonchev–Trinajstić information content (AvgIpc) is 3.11. The van der Waals surface area contributed by atoms with Crippen molar-refractivity contribution in [2.24, 2.45) is 0 Å². The molecule has 0 amide bonds. The van der Waals surface area contributed by atoms with E-state index in [9.17, 15) is 17.6 Å². The minimum absolute atomic E-state index is 0.163. The first kappa shape index (κ1) is 18.8. The third kappa shape index (κ3) is 4.15. The quantitative estimate of drug-likeness (QED) is 0.388. The summed E-state index contributed by atoms with van der Waals surface area (Å²) >= 11 is 0. The second-order valence-electron chi connectivity index (χ2n) is 6.33. The lowest BCUT2D eigenvalue weighted by Crippen LogP contribution is -2.09. The van der Waals surface area contributed by atoms with Gasteiger partial charge in [0, 0.05) is 42.5 Å². The van der Waals surface area contributed by atoms with E-state index in [0.29, 0.717) is 23.2 Å². The summed E-state index contributed by atoms with van der Waals surface area (Å²) in [6.45, 7) is 0.163. The van der Waals surface area contributed by atoms with Crippen LogP contribution in [0.2, 0.25) is 0 Å². The molecule has 4 heterocycles. The van der Waals surface area contributed by atoms with Crippen molar-refractivity contribution in [1.29, 1.82) is 0 Å². The molecule has 0 saturated heterocycles. The van der Waals surface area contributed by atoms with Crippen LogP contribution < -0.4 is 5.32 Å². The van der Waals surface area contributed by atoms with E-state index in [-0.39, 0.29) is 12.4 Å². The Morgan fingerprint density at radius 3 is 2.59 bits per heavy atom. The molecule has 0 bridgehead atoms. The number of nitrogens with zero attached hydrogens (tertiary/aromatic N) is 4. The molecular weight excluding hydrogens is 388 g/mol. The highest BCUT2D eigenvalue weighted by Crippen LogP contribution is 2.27. The van der Waals surface area contributed by atoms with Gasteiger partial charge in [-0.05, 0) is 23.3 Å². The van der Waals surface area contributed by atoms with E-state index < -0.39 is 17.8 Å². The number of hydrogen-bond donors (Lipinski definition) is 2. The molecule has 6 nitrogen and oxygen atoms in total. The smallest absolute Gasteiger partial charge is 0.366 e. The summed E-state index contributed by atoms with van der Waals surface area (Å²) < 4.78 is 52.0. The van der Waals surface area contributed by atoms with Crippen molar-refractivity contribution in [2.45, 2.75) is 19.1 Å². The van der Waals surface area contributed by atoms with Crippen LogP contribution in [0.3, 0.4) is 0 Å². The first-order chi connectivity index (χ1) is 13.9. The van der Waals surface area contributed by atoms with Gasteiger partial charge >= 0.3 is 6.18 Å². The lowest BCUT2D eigenvalue weighted by atomic mass is 10.1. The molecular formula is C19H14F4N6. The molecule has 0 unspecified atom stereocenters. The predicted molar refractivity (Wildman–Crippen MR) is 97.5 cm³/mol. The molecule has 0 aliphatic heterocycles. The van der Waals surface area contributed by atoms with E-state index >= 15 is 0 Å². The minimum atomic E-state index is -4.48. The zero-order chi connectivity index (χ0) is 20.4. The lowest BCUT2D eigenvalue weighted by Gasteiger charge is -2.09. The van der Waals surface area contributed by atoms with Crippen molar-refractivity contribution in [3.05, 3.63) is 77.5 Å². The van der Waals surface area contributed by atoms with Crippen LogP contribution in [0.4, 0.5) is 23.4 Å². The summed E-state index contributed by atoms with van der Waals surface area (Å²) in [6, 6.07) is 5.44. The van der Waals surface area contributed by atoms with Gasteiger partial charge < -0.3 is 10.3 Å². The van der Waals surface area contributed by atoms with Gasteiger partial charge in [-0.25, -0.2) is 15.0 Å². The average molecular weight is 402 g/mol. The van der Waals surface area contributed by atoms with Crippen molar-refractivity contribution < 1.29 is 17.6 Å². The second-order valence-corrected chi connectivity index (χ2v) is 6.33. The van der Waals surface area contributed by atoms with E-state index in [1.807, 2.05) is 0 Å². The largest absolute Gasteiger partial charge is 0.433 e. The molecule has 29 heavy (non-hydrogen) atoms. The molecule has 4 rings (SSSR count). The third-order valence-corrected chi connectivity index (χ3v) is 4.34. The zero-order valence-corrected chi connectivity index (χ0v) is 14.8. The number of H-pyrrole nitrogens is 1. The Morgan fingerprint density at radius 1 is 1.00 bits per heavy atom. The highest BCUT2D eigenvalue weighted by molar-refractivity contribution is 5.78. The maximum absolute atomic E-state index is 14.4. The number of pyridine rings is 2. The lowest BCUT2D eigenvalue weighted by molar-refractivity contribution is -0.141. The Hall–Kier alpha value is -3.56. The molecule has 0 spiro atoms. The van der Waals surface area contributed by atoms with Crippen molar-refractivity contribution in [2.75, 3.05) is 5.32 Å². The van der Waals surface area contributed by atoms with Gasteiger partial charge in [0.2, 0.25) is 5.95 Å². The van der Waals surface area contributed by atoms with Crippen molar-refractivity contribution in [3.8, 4) is 0 Å². The molecule has 0 fully saturated rings. The second kappa shape index (κ2) is 7.46. The standard InChI is InChI=1S/C19H14F4N6/c20-17-12(5-13-8-27-18-14(13)9-24-10-28-18)2-4-16(29-17)26-7-11-1-3-15(25-6-11)19(21,22)23/h1-4,6,8-10H,5,7H2,(H,26,29)(H,24,27,28). The topological polar surface area (TPSA) is 79.4 Å². The van der Waals surface area contributed by atoms with Crippen LogP contribution >= 0.6 is 0 Å². The SMILES string of the molecule is Fc1nc(NCc2ccc(C(F)(F)F)nc2)ccc1Cc1c[nH]c2ncncc12. The third-order valence-electron chi connectivity index (χ3n) is 4.34. The number of fused-ring (bicyclic) bond motifs is 1. The van der Waals surface area contributed by atoms with Gasteiger partial charge in [0.15, 0.2) is 0 Å². The number of aromatic nitrogens is 5. The Kier molecular flexibility index (Phi) is 4.83. The maximum atomic E-state index is 14.4. The number of aromatic amines is 1. The van der Waals surface area contributed by atoms with Gasteiger partial charge in [-0.2, -0.15) is 17.6 Å². The Labute approximate surface area is 162 Å². The molecule has 0 aliphatic carbocycles. The summed E-state index contributed by atoms with van der Waals surface area (Å²) in [7, 11) is 0. The Morgan fingerprint density at radius 2 is 1.86 bits per heavy atom. The first-order valence-corrected chi connectivity index (χ1v) is 8.57. The van der Waals surface area contributed by atoms with Gasteiger partial charge in [-0.15, -0.1) is 0 Å². The van der Waals surface area contributed by atoms with Crippen LogP contribution in [-0.4, -0.2) is 24.9 Å². The Balaban J connectivity index is 1.43. The fourth-order valence-corrected chi connectivity index (χ4v) is 2.85. The van der Waals surface area contributed by atoms with E-state index in [1.165, 1.54) is 12.4 Å². The van der Waals surface area contributed by atoms with Crippen LogP contribution in [0.5, 0.6) is 0 Å². The van der Waals surface area contributed by atoms with E-state index in [0.717, 1.165) is 23.2 Å². The molecule has 10 heteroatoms. The normalized spacial score (nSPS) is 11.7.